The molecule has 0 bridgehead atoms. The summed E-state index contributed by atoms with van der Waals surface area (Å²) in [5.74, 6) is -3.00. The van der Waals surface area contributed by atoms with Crippen LogP contribution in [-0.2, 0) is 23.9 Å². The van der Waals surface area contributed by atoms with E-state index < -0.39 is 35.0 Å². The van der Waals surface area contributed by atoms with Crippen molar-refractivity contribution in [3.63, 3.8) is 0 Å². The second-order valence-electron chi connectivity index (χ2n) is 7.17. The molecule has 2 aliphatic rings. The van der Waals surface area contributed by atoms with Crippen LogP contribution in [0.5, 0.6) is 0 Å². The van der Waals surface area contributed by atoms with Crippen molar-refractivity contribution in [3.05, 3.63) is 10.6 Å². The summed E-state index contributed by atoms with van der Waals surface area (Å²) in [6.45, 7) is 9.03. The summed E-state index contributed by atoms with van der Waals surface area (Å²) in [6.07, 6.45) is 1.72. The molecule has 122 valence electrons. The van der Waals surface area contributed by atoms with Crippen LogP contribution in [0.15, 0.2) is 10.6 Å². The van der Waals surface area contributed by atoms with Crippen LogP contribution in [0.2, 0.25) is 0 Å². The Bertz CT molecular complexity index is 557. The van der Waals surface area contributed by atoms with Crippen LogP contribution in [0.3, 0.4) is 0 Å². The molecule has 0 saturated carbocycles. The van der Waals surface area contributed by atoms with E-state index in [-0.39, 0.29) is 18.1 Å². The number of ketones is 1. The Hall–Kier alpha value is -1.17. The number of allylic oxidation sites excluding steroid dienone is 1. The highest BCUT2D eigenvalue weighted by Gasteiger charge is 2.61. The van der Waals surface area contributed by atoms with Crippen molar-refractivity contribution < 1.29 is 23.9 Å². The fraction of sp³-hybridized carbons (Fsp3) is 0.688. The molecule has 5 nitrogen and oxygen atoms in total. The highest BCUT2D eigenvalue weighted by Crippen LogP contribution is 2.50. The maximum atomic E-state index is 12.4. The molecule has 0 aromatic heterocycles. The molecule has 1 heterocycles. The lowest BCUT2D eigenvalue weighted by molar-refractivity contribution is -0.165. The lowest BCUT2D eigenvalue weighted by Crippen LogP contribution is -2.46. The second-order valence-corrected chi connectivity index (χ2v) is 8.02. The van der Waals surface area contributed by atoms with Crippen LogP contribution < -0.4 is 0 Å². The Kier molecular flexibility index (Phi) is 4.28. The van der Waals surface area contributed by atoms with E-state index in [4.69, 9.17) is 9.47 Å². The van der Waals surface area contributed by atoms with Gasteiger partial charge in [-0.3, -0.25) is 14.4 Å². The second kappa shape index (κ2) is 5.48. The van der Waals surface area contributed by atoms with Gasteiger partial charge < -0.3 is 9.47 Å². The molecule has 2 rings (SSSR count). The molecule has 22 heavy (non-hydrogen) atoms. The average molecular weight is 373 g/mol. The Morgan fingerprint density at radius 1 is 1.41 bits per heavy atom. The van der Waals surface area contributed by atoms with Crippen LogP contribution in [0, 0.1) is 17.8 Å². The van der Waals surface area contributed by atoms with Crippen molar-refractivity contribution in [2.24, 2.45) is 17.8 Å². The minimum Gasteiger partial charge on any atom is -0.459 e. The van der Waals surface area contributed by atoms with E-state index in [0.717, 1.165) is 0 Å². The predicted molar refractivity (Wildman–Crippen MR) is 83.1 cm³/mol. The van der Waals surface area contributed by atoms with Crippen molar-refractivity contribution in [1.29, 1.82) is 0 Å². The third-order valence-corrected chi connectivity index (χ3v) is 4.77. The topological polar surface area (TPSA) is 69.7 Å². The highest BCUT2D eigenvalue weighted by molar-refractivity contribution is 9.12. The summed E-state index contributed by atoms with van der Waals surface area (Å²) in [6, 6.07) is 0. The predicted octanol–water partition coefficient (Wildman–Crippen LogP) is 2.76. The van der Waals surface area contributed by atoms with Gasteiger partial charge in [0.05, 0.1) is 4.48 Å². The van der Waals surface area contributed by atoms with Gasteiger partial charge in [-0.05, 0) is 48.7 Å². The van der Waals surface area contributed by atoms with Gasteiger partial charge in [0.15, 0.2) is 11.7 Å². The molecule has 0 N–H and O–H groups in total. The Balaban J connectivity index is 2.42. The van der Waals surface area contributed by atoms with Crippen LogP contribution in [0.25, 0.3) is 0 Å². The number of Topliss-reactive ketones (excluding diaryl/α,β-unsaturated/α-hetero) is 1. The van der Waals surface area contributed by atoms with Crippen LogP contribution in [0.1, 0.15) is 41.0 Å². The summed E-state index contributed by atoms with van der Waals surface area (Å²) in [7, 11) is 0. The van der Waals surface area contributed by atoms with Crippen molar-refractivity contribution in [3.8, 4) is 0 Å². The fourth-order valence-corrected chi connectivity index (χ4v) is 3.59. The van der Waals surface area contributed by atoms with E-state index in [9.17, 15) is 14.4 Å². The number of carbonyl (C=O) groups excluding carboxylic acids is 3. The minimum atomic E-state index is -1.05. The van der Waals surface area contributed by atoms with Gasteiger partial charge in [0.25, 0.3) is 0 Å². The number of fused-ring (bicyclic) bond motifs is 1. The molecule has 6 heteroatoms. The van der Waals surface area contributed by atoms with Crippen LogP contribution in [-0.4, -0.2) is 28.9 Å². The smallest absolute Gasteiger partial charge is 0.321 e. The zero-order valence-electron chi connectivity index (χ0n) is 13.4. The Morgan fingerprint density at radius 3 is 2.50 bits per heavy atom. The number of halogens is 1. The zero-order valence-corrected chi connectivity index (χ0v) is 15.0. The van der Waals surface area contributed by atoms with E-state index in [0.29, 0.717) is 4.48 Å². The summed E-state index contributed by atoms with van der Waals surface area (Å²) in [5.41, 5.74) is -1.64. The molecule has 0 spiro atoms. The van der Waals surface area contributed by atoms with Gasteiger partial charge in [0, 0.05) is 12.3 Å². The third-order valence-electron chi connectivity index (χ3n) is 4.10. The van der Waals surface area contributed by atoms with E-state index in [1.54, 1.807) is 26.8 Å². The van der Waals surface area contributed by atoms with Gasteiger partial charge in [-0.15, -0.1) is 0 Å². The fourth-order valence-electron chi connectivity index (χ4n) is 3.07. The van der Waals surface area contributed by atoms with E-state index >= 15 is 0 Å². The maximum Gasteiger partial charge on any atom is 0.321 e. The highest BCUT2D eigenvalue weighted by atomic mass is 79.9. The number of ether oxygens (including phenoxy) is 2. The van der Waals surface area contributed by atoms with Gasteiger partial charge >= 0.3 is 11.9 Å². The van der Waals surface area contributed by atoms with E-state index in [1.807, 2.05) is 13.8 Å². The molecule has 0 radical (unpaired) electrons. The Morgan fingerprint density at radius 2 is 2.00 bits per heavy atom. The molecule has 0 aromatic rings. The molecular weight excluding hydrogens is 352 g/mol. The zero-order chi connectivity index (χ0) is 16.9. The number of hydrogen-bond donors (Lipinski definition) is 0. The molecular formula is C16H21BrO5. The standard InChI is InChI=1S/C16H21BrO5/c1-8(2)16-7-10(17)11(18)6-9(16)12(14(20)22-16)13(19)21-15(3,4)5/h7-9,12H,6H2,1-5H3/t9-,12+,16+/m1/s1. The average Bonchev–Trinajstić information content (AvgIpc) is 2.60. The molecule has 1 aliphatic carbocycles. The van der Waals surface area contributed by atoms with Gasteiger partial charge in [-0.2, -0.15) is 0 Å². The lowest BCUT2D eigenvalue weighted by atomic mass is 9.69. The third kappa shape index (κ3) is 2.85. The van der Waals surface area contributed by atoms with Gasteiger partial charge in [-0.1, -0.05) is 13.8 Å². The monoisotopic (exact) mass is 372 g/mol. The molecule has 0 aromatic carbocycles. The van der Waals surface area contributed by atoms with Crippen molar-refractivity contribution in [2.75, 3.05) is 0 Å². The summed E-state index contributed by atoms with van der Waals surface area (Å²) < 4.78 is 11.3. The number of carbonyl (C=O) groups is 3. The van der Waals surface area contributed by atoms with Crippen molar-refractivity contribution in [1.82, 2.24) is 0 Å². The molecule has 0 unspecified atom stereocenters. The first-order valence-electron chi connectivity index (χ1n) is 7.35. The summed E-state index contributed by atoms with van der Waals surface area (Å²) in [4.78, 5) is 36.8. The molecule has 1 aliphatic heterocycles. The number of hydrogen-bond acceptors (Lipinski definition) is 5. The molecule has 1 saturated heterocycles. The van der Waals surface area contributed by atoms with E-state index in [1.165, 1.54) is 0 Å². The number of esters is 2. The number of rotatable bonds is 2. The van der Waals surface area contributed by atoms with Crippen molar-refractivity contribution >= 4 is 33.7 Å². The quantitative estimate of drug-likeness (QED) is 0.550. The Labute approximate surface area is 138 Å². The SMILES string of the molecule is CC(C)[C@@]12C=C(Br)C(=O)C[C@@H]1[C@@H](C(=O)OC(C)(C)C)C(=O)O2. The maximum absolute atomic E-state index is 12.4. The van der Waals surface area contributed by atoms with Gasteiger partial charge in [0.1, 0.15) is 11.2 Å². The van der Waals surface area contributed by atoms with Gasteiger partial charge in [-0.25, -0.2) is 0 Å². The van der Waals surface area contributed by atoms with E-state index in [2.05, 4.69) is 15.9 Å². The molecule has 1 fully saturated rings. The molecule has 3 atom stereocenters. The lowest BCUT2D eigenvalue weighted by Gasteiger charge is -2.38. The summed E-state index contributed by atoms with van der Waals surface area (Å²) >= 11 is 3.22. The van der Waals surface area contributed by atoms with Crippen LogP contribution >= 0.6 is 15.9 Å². The summed E-state index contributed by atoms with van der Waals surface area (Å²) in [5, 5.41) is 0. The normalized spacial score (nSPS) is 31.7. The molecule has 0 amide bonds. The van der Waals surface area contributed by atoms with Crippen LogP contribution in [0.4, 0.5) is 0 Å². The minimum absolute atomic E-state index is 0.0606. The first-order chi connectivity index (χ1) is 9.98. The van der Waals surface area contributed by atoms with Gasteiger partial charge in [0.2, 0.25) is 0 Å². The first kappa shape index (κ1) is 17.2. The largest absolute Gasteiger partial charge is 0.459 e. The van der Waals surface area contributed by atoms with Crippen molar-refractivity contribution in [2.45, 2.75) is 52.2 Å². The first-order valence-corrected chi connectivity index (χ1v) is 8.14.